The molecule has 1 atom stereocenters. The summed E-state index contributed by atoms with van der Waals surface area (Å²) in [6.07, 6.45) is 3.24. The number of amides is 2. The van der Waals surface area contributed by atoms with Gasteiger partial charge in [-0.15, -0.1) is 0 Å². The van der Waals surface area contributed by atoms with Gasteiger partial charge in [0.25, 0.3) is 0 Å². The maximum absolute atomic E-state index is 12.3. The Bertz CT molecular complexity index is 527. The zero-order valence-corrected chi connectivity index (χ0v) is 13.3. The van der Waals surface area contributed by atoms with Crippen molar-refractivity contribution in [2.24, 2.45) is 0 Å². The second-order valence-electron chi connectivity index (χ2n) is 5.37. The lowest BCUT2D eigenvalue weighted by molar-refractivity contribution is -0.148. The molecule has 2 amide bonds. The van der Waals surface area contributed by atoms with Crippen molar-refractivity contribution in [2.45, 2.75) is 32.9 Å². The summed E-state index contributed by atoms with van der Waals surface area (Å²) >= 11 is 0. The van der Waals surface area contributed by atoms with Crippen molar-refractivity contribution in [3.8, 4) is 0 Å². The van der Waals surface area contributed by atoms with Gasteiger partial charge in [0.05, 0.1) is 6.54 Å². The lowest BCUT2D eigenvalue weighted by Gasteiger charge is -2.28. The summed E-state index contributed by atoms with van der Waals surface area (Å²) in [7, 11) is 1.51. The Morgan fingerprint density at radius 3 is 2.32 bits per heavy atom. The molecule has 0 aromatic carbocycles. The number of carboxylic acids is 1. The summed E-state index contributed by atoms with van der Waals surface area (Å²) in [5.41, 5.74) is 0. The smallest absolute Gasteiger partial charge is 0.323 e. The minimum Gasteiger partial charge on any atom is -0.480 e. The molecule has 0 bridgehead atoms. The second-order valence-corrected chi connectivity index (χ2v) is 5.37. The van der Waals surface area contributed by atoms with E-state index in [1.54, 1.807) is 39.2 Å². The Balaban J connectivity index is 2.69. The first-order chi connectivity index (χ1) is 10.2. The fraction of sp³-hybridized carbons (Fsp3) is 0.571. The van der Waals surface area contributed by atoms with Gasteiger partial charge < -0.3 is 14.9 Å². The molecule has 0 radical (unpaired) electrons. The van der Waals surface area contributed by atoms with Crippen molar-refractivity contribution >= 4 is 17.8 Å². The van der Waals surface area contributed by atoms with Crippen LogP contribution in [-0.2, 0) is 14.4 Å². The third-order valence-electron chi connectivity index (χ3n) is 3.28. The van der Waals surface area contributed by atoms with Gasteiger partial charge in [0, 0.05) is 25.5 Å². The number of aromatic nitrogens is 2. The van der Waals surface area contributed by atoms with E-state index in [9.17, 15) is 14.4 Å². The number of likely N-dealkylation sites (N-methyl/N-ethyl adjacent to an activating group) is 1. The molecule has 0 fully saturated rings. The van der Waals surface area contributed by atoms with Gasteiger partial charge in [-0.05, 0) is 26.8 Å². The van der Waals surface area contributed by atoms with Crippen molar-refractivity contribution in [3.63, 3.8) is 0 Å². The maximum Gasteiger partial charge on any atom is 0.323 e. The van der Waals surface area contributed by atoms with E-state index in [1.165, 1.54) is 21.5 Å². The van der Waals surface area contributed by atoms with Crippen molar-refractivity contribution in [3.05, 3.63) is 18.5 Å². The second kappa shape index (κ2) is 7.58. The summed E-state index contributed by atoms with van der Waals surface area (Å²) in [5.74, 6) is -1.75. The summed E-state index contributed by atoms with van der Waals surface area (Å²) in [5, 5.41) is 12.8. The Morgan fingerprint density at radius 2 is 1.86 bits per heavy atom. The fourth-order valence-corrected chi connectivity index (χ4v) is 2.02. The largest absolute Gasteiger partial charge is 0.480 e. The Morgan fingerprint density at radius 1 is 1.23 bits per heavy atom. The van der Waals surface area contributed by atoms with Crippen LogP contribution in [0.25, 0.3) is 0 Å². The molecule has 0 aliphatic heterocycles. The van der Waals surface area contributed by atoms with Crippen LogP contribution < -0.4 is 0 Å². The Hall–Kier alpha value is -2.38. The van der Waals surface area contributed by atoms with Crippen LogP contribution >= 0.6 is 0 Å². The molecule has 22 heavy (non-hydrogen) atoms. The molecule has 0 saturated carbocycles. The summed E-state index contributed by atoms with van der Waals surface area (Å²) in [6.45, 7) is 4.60. The van der Waals surface area contributed by atoms with Crippen molar-refractivity contribution in [1.82, 2.24) is 19.6 Å². The number of carboxylic acid groups (broad SMARTS) is 1. The van der Waals surface area contributed by atoms with Crippen molar-refractivity contribution < 1.29 is 19.5 Å². The van der Waals surface area contributed by atoms with Crippen LogP contribution in [0.15, 0.2) is 18.5 Å². The number of nitrogens with zero attached hydrogens (tertiary/aromatic N) is 4. The SMILES string of the molecule is CC(C)N(CC(=O)O)C(=O)CN(C)C(=O)C(C)n1cccn1. The fourth-order valence-electron chi connectivity index (χ4n) is 2.02. The third-order valence-corrected chi connectivity index (χ3v) is 3.28. The molecule has 0 aliphatic rings. The predicted octanol–water partition coefficient (Wildman–Crippen LogP) is 0.224. The van der Waals surface area contributed by atoms with E-state index in [1.807, 2.05) is 0 Å². The minimum atomic E-state index is -1.08. The van der Waals surface area contributed by atoms with Gasteiger partial charge in [-0.2, -0.15) is 5.10 Å². The van der Waals surface area contributed by atoms with Crippen LogP contribution in [0.3, 0.4) is 0 Å². The minimum absolute atomic E-state index is 0.171. The number of rotatable bonds is 7. The molecule has 0 spiro atoms. The summed E-state index contributed by atoms with van der Waals surface area (Å²) in [4.78, 5) is 37.8. The first-order valence-electron chi connectivity index (χ1n) is 6.99. The molecule has 0 aliphatic carbocycles. The predicted molar refractivity (Wildman–Crippen MR) is 79.1 cm³/mol. The van der Waals surface area contributed by atoms with Crippen LogP contribution in [0.1, 0.15) is 26.8 Å². The number of carbonyl (C=O) groups excluding carboxylic acids is 2. The van der Waals surface area contributed by atoms with Gasteiger partial charge in [0.2, 0.25) is 11.8 Å². The van der Waals surface area contributed by atoms with E-state index in [4.69, 9.17) is 5.11 Å². The highest BCUT2D eigenvalue weighted by atomic mass is 16.4. The molecule has 1 N–H and O–H groups in total. The number of hydrogen-bond donors (Lipinski definition) is 1. The van der Waals surface area contributed by atoms with E-state index in [0.29, 0.717) is 0 Å². The third kappa shape index (κ3) is 4.57. The van der Waals surface area contributed by atoms with Crippen LogP contribution in [0, 0.1) is 0 Å². The van der Waals surface area contributed by atoms with Gasteiger partial charge in [-0.25, -0.2) is 0 Å². The molecular formula is C14H22N4O4. The van der Waals surface area contributed by atoms with Crippen LogP contribution in [-0.4, -0.2) is 68.6 Å². The van der Waals surface area contributed by atoms with Crippen molar-refractivity contribution in [2.75, 3.05) is 20.1 Å². The summed E-state index contributed by atoms with van der Waals surface area (Å²) in [6, 6.07) is 0.929. The lowest BCUT2D eigenvalue weighted by atomic mass is 10.2. The highest BCUT2D eigenvalue weighted by Gasteiger charge is 2.25. The topological polar surface area (TPSA) is 95.7 Å². The van der Waals surface area contributed by atoms with Gasteiger partial charge in [-0.1, -0.05) is 0 Å². The molecule has 8 nitrogen and oxygen atoms in total. The highest BCUT2D eigenvalue weighted by Crippen LogP contribution is 2.08. The first kappa shape index (κ1) is 17.7. The van der Waals surface area contributed by atoms with E-state index < -0.39 is 17.9 Å². The Kier molecular flexibility index (Phi) is 6.09. The standard InChI is InChI=1S/C14H22N4O4/c1-10(2)17(9-13(20)21)12(19)8-16(4)14(22)11(3)18-7-5-6-15-18/h5-7,10-11H,8-9H2,1-4H3,(H,20,21). The molecule has 1 aromatic heterocycles. The average Bonchev–Trinajstić information content (AvgIpc) is 2.96. The number of carbonyl (C=O) groups is 3. The molecule has 1 heterocycles. The molecule has 1 aromatic rings. The van der Waals surface area contributed by atoms with Gasteiger partial charge in [-0.3, -0.25) is 19.1 Å². The van der Waals surface area contributed by atoms with Crippen LogP contribution in [0.5, 0.6) is 0 Å². The monoisotopic (exact) mass is 310 g/mol. The van der Waals surface area contributed by atoms with Gasteiger partial charge >= 0.3 is 5.97 Å². The molecule has 122 valence electrons. The molecule has 1 rings (SSSR count). The first-order valence-corrected chi connectivity index (χ1v) is 6.99. The molecular weight excluding hydrogens is 288 g/mol. The summed E-state index contributed by atoms with van der Waals surface area (Å²) < 4.78 is 1.50. The number of hydrogen-bond acceptors (Lipinski definition) is 4. The van der Waals surface area contributed by atoms with E-state index >= 15 is 0 Å². The van der Waals surface area contributed by atoms with Crippen LogP contribution in [0.2, 0.25) is 0 Å². The normalized spacial score (nSPS) is 12.0. The van der Waals surface area contributed by atoms with E-state index in [2.05, 4.69) is 5.10 Å². The van der Waals surface area contributed by atoms with E-state index in [-0.39, 0.29) is 25.0 Å². The van der Waals surface area contributed by atoms with Crippen molar-refractivity contribution in [1.29, 1.82) is 0 Å². The maximum atomic E-state index is 12.3. The molecule has 1 unspecified atom stereocenters. The van der Waals surface area contributed by atoms with Gasteiger partial charge in [0.15, 0.2) is 0 Å². The van der Waals surface area contributed by atoms with Crippen LogP contribution in [0.4, 0.5) is 0 Å². The zero-order chi connectivity index (χ0) is 16.9. The molecule has 8 heteroatoms. The van der Waals surface area contributed by atoms with E-state index in [0.717, 1.165) is 0 Å². The lowest BCUT2D eigenvalue weighted by Crippen LogP contribution is -2.47. The Labute approximate surface area is 129 Å². The molecule has 0 saturated heterocycles. The van der Waals surface area contributed by atoms with Gasteiger partial charge in [0.1, 0.15) is 12.6 Å². The quantitative estimate of drug-likeness (QED) is 0.777. The number of aliphatic carboxylic acids is 1. The highest BCUT2D eigenvalue weighted by molar-refractivity contribution is 5.88. The zero-order valence-electron chi connectivity index (χ0n) is 13.3. The average molecular weight is 310 g/mol.